The number of carbonyl (C=O) groups excluding carboxylic acids is 2. The van der Waals surface area contributed by atoms with Gasteiger partial charge in [-0.15, -0.1) is 0 Å². The van der Waals surface area contributed by atoms with E-state index in [1.54, 1.807) is 12.1 Å². The van der Waals surface area contributed by atoms with E-state index in [4.69, 9.17) is 4.74 Å². The molecule has 262 valence electrons. The Morgan fingerprint density at radius 3 is 1.90 bits per heavy atom. The minimum absolute atomic E-state index is 0.0249. The number of nitrogens with zero attached hydrogens (tertiary/aromatic N) is 2. The van der Waals surface area contributed by atoms with Gasteiger partial charge in [0.1, 0.15) is 0 Å². The number of alkyl halides is 3. The van der Waals surface area contributed by atoms with Crippen molar-refractivity contribution in [2.24, 2.45) is 10.8 Å². The monoisotopic (exact) mass is 814 g/mol. The summed E-state index contributed by atoms with van der Waals surface area (Å²) in [5.74, 6) is -1.01. The number of allylic oxidation sites excluding steroid dienone is 4. The summed E-state index contributed by atoms with van der Waals surface area (Å²) in [6, 6.07) is 15.6. The molecule has 3 aromatic carbocycles. The molecular formula is C38H35Br2F3N2O5. The fraction of sp³-hybridized carbons (Fsp3) is 0.368. The molecule has 0 saturated heterocycles. The highest BCUT2D eigenvalue weighted by atomic mass is 79.9. The molecule has 0 N–H and O–H groups in total. The molecule has 0 radical (unpaired) electrons. The molecule has 50 heavy (non-hydrogen) atoms. The third-order valence-electron chi connectivity index (χ3n) is 9.54. The summed E-state index contributed by atoms with van der Waals surface area (Å²) in [6.07, 6.45) is -2.13. The number of benzene rings is 3. The molecule has 3 aliphatic rings. The van der Waals surface area contributed by atoms with Crippen molar-refractivity contribution in [1.29, 1.82) is 0 Å². The highest BCUT2D eigenvalue weighted by Gasteiger charge is 2.49. The van der Waals surface area contributed by atoms with E-state index in [2.05, 4.69) is 76.6 Å². The first-order valence-electron chi connectivity index (χ1n) is 16.2. The van der Waals surface area contributed by atoms with Gasteiger partial charge in [0.2, 0.25) is 5.75 Å². The number of nitro benzene ring substituents is 1. The molecule has 0 atom stereocenters. The second-order valence-corrected chi connectivity index (χ2v) is 16.5. The maximum atomic E-state index is 14.2. The lowest BCUT2D eigenvalue weighted by Crippen LogP contribution is -2.45. The topological polar surface area (TPSA) is 89.8 Å². The van der Waals surface area contributed by atoms with Crippen molar-refractivity contribution >= 4 is 49.1 Å². The number of hydrogen-bond donors (Lipinski definition) is 0. The molecule has 1 heterocycles. The first-order valence-corrected chi connectivity index (χ1v) is 17.8. The molecule has 3 aromatic rings. The van der Waals surface area contributed by atoms with Crippen LogP contribution < -0.4 is 4.74 Å². The number of Topliss-reactive ketones (excluding diaryl/α,β-unsaturated/α-hetero) is 2. The van der Waals surface area contributed by atoms with Crippen LogP contribution in [0, 0.1) is 20.9 Å². The van der Waals surface area contributed by atoms with Gasteiger partial charge >= 0.3 is 11.9 Å². The number of ketones is 2. The molecule has 0 saturated carbocycles. The van der Waals surface area contributed by atoms with Gasteiger partial charge in [0.05, 0.1) is 19.4 Å². The third-order valence-corrected chi connectivity index (χ3v) is 10.7. The van der Waals surface area contributed by atoms with E-state index in [1.807, 2.05) is 18.2 Å². The number of carbonyl (C=O) groups is 2. The van der Waals surface area contributed by atoms with Gasteiger partial charge in [0.25, 0.3) is 0 Å². The maximum absolute atomic E-state index is 14.2. The Balaban J connectivity index is 1.48. The van der Waals surface area contributed by atoms with Gasteiger partial charge in [0, 0.05) is 53.9 Å². The predicted molar refractivity (Wildman–Crippen MR) is 190 cm³/mol. The smallest absolute Gasteiger partial charge is 0.416 e. The fourth-order valence-corrected chi connectivity index (χ4v) is 8.80. The molecule has 0 aromatic heterocycles. The number of nitro groups is 1. The van der Waals surface area contributed by atoms with E-state index in [0.717, 1.165) is 35.5 Å². The van der Waals surface area contributed by atoms with Gasteiger partial charge in [-0.3, -0.25) is 19.7 Å². The van der Waals surface area contributed by atoms with E-state index in [1.165, 1.54) is 0 Å². The summed E-state index contributed by atoms with van der Waals surface area (Å²) in [5.41, 5.74) is 2.20. The Hall–Kier alpha value is -3.77. The molecule has 7 nitrogen and oxygen atoms in total. The Labute approximate surface area is 305 Å². The summed E-state index contributed by atoms with van der Waals surface area (Å²) < 4.78 is 46.5. The van der Waals surface area contributed by atoms with Gasteiger partial charge in [-0.2, -0.15) is 13.2 Å². The van der Waals surface area contributed by atoms with Crippen molar-refractivity contribution in [3.05, 3.63) is 119 Å². The number of rotatable bonds is 7. The summed E-state index contributed by atoms with van der Waals surface area (Å²) in [4.78, 5) is 41.5. The maximum Gasteiger partial charge on any atom is 0.416 e. The van der Waals surface area contributed by atoms with Crippen LogP contribution in [0.15, 0.2) is 92.1 Å². The predicted octanol–water partition coefficient (Wildman–Crippen LogP) is 10.9. The second-order valence-electron chi connectivity index (χ2n) is 14.8. The van der Waals surface area contributed by atoms with E-state index in [9.17, 15) is 32.9 Å². The van der Waals surface area contributed by atoms with Crippen LogP contribution in [0.2, 0.25) is 0 Å². The molecule has 0 bridgehead atoms. The van der Waals surface area contributed by atoms with Crippen LogP contribution in [-0.4, -0.2) is 27.9 Å². The van der Waals surface area contributed by atoms with Gasteiger partial charge in [-0.05, 0) is 97.3 Å². The summed E-state index contributed by atoms with van der Waals surface area (Å²) in [7, 11) is 0. The van der Waals surface area contributed by atoms with E-state index < -0.39 is 28.3 Å². The fourth-order valence-electron chi connectivity index (χ4n) is 7.41. The van der Waals surface area contributed by atoms with Crippen molar-refractivity contribution in [3.63, 3.8) is 0 Å². The zero-order valence-corrected chi connectivity index (χ0v) is 31.1. The van der Waals surface area contributed by atoms with Crippen molar-refractivity contribution in [1.82, 2.24) is 4.90 Å². The van der Waals surface area contributed by atoms with Crippen LogP contribution in [0.1, 0.15) is 76.0 Å². The standard InChI is InChI=1S/C38H35Br2F3N2O5/c1-36(2)17-27-33(29(46)19-36)32(34-28(18-37(3,4)20-30(34)47)44(27)13-12-21-8-6-5-7-9-21)22-14-24(39)35(25(40)15-22)50-31-11-10-23(38(41,42)43)16-26(31)45(48)49/h5-11,14-16,32H,12-13,17-20H2,1-4H3. The molecular weight excluding hydrogens is 781 g/mol. The van der Waals surface area contributed by atoms with E-state index in [-0.39, 0.29) is 33.9 Å². The van der Waals surface area contributed by atoms with Crippen LogP contribution in [0.5, 0.6) is 11.5 Å². The van der Waals surface area contributed by atoms with Crippen LogP contribution in [0.4, 0.5) is 18.9 Å². The van der Waals surface area contributed by atoms with Crippen molar-refractivity contribution in [3.8, 4) is 11.5 Å². The van der Waals surface area contributed by atoms with Gasteiger partial charge in [-0.1, -0.05) is 58.0 Å². The molecule has 0 fully saturated rings. The normalized spacial score (nSPS) is 19.0. The third kappa shape index (κ3) is 7.06. The molecule has 1 aliphatic heterocycles. The second kappa shape index (κ2) is 13.1. The first kappa shape index (κ1) is 36.0. The number of hydrogen-bond acceptors (Lipinski definition) is 6. The SMILES string of the molecule is CC1(C)CC(=O)C2=C(C1)N(CCc1ccccc1)C1=C(C(=O)CC(C)(C)C1)C2c1cc(Br)c(Oc2ccc(C(F)(F)F)cc2[N+](=O)[O-])c(Br)c1. The minimum Gasteiger partial charge on any atom is -0.448 e. The highest BCUT2D eigenvalue weighted by Crippen LogP contribution is 2.55. The molecule has 12 heteroatoms. The summed E-state index contributed by atoms with van der Waals surface area (Å²) >= 11 is 7.04. The van der Waals surface area contributed by atoms with Gasteiger partial charge in [-0.25, -0.2) is 0 Å². The Bertz CT molecular complexity index is 1910. The minimum atomic E-state index is -4.78. The van der Waals surface area contributed by atoms with Crippen molar-refractivity contribution in [2.45, 2.75) is 71.9 Å². The molecule has 0 amide bonds. The number of ether oxygens (including phenoxy) is 1. The largest absolute Gasteiger partial charge is 0.448 e. The average Bonchev–Trinajstić information content (AvgIpc) is 3.00. The Morgan fingerprint density at radius 2 is 1.40 bits per heavy atom. The Kier molecular flexibility index (Phi) is 9.43. The lowest BCUT2D eigenvalue weighted by Gasteiger charge is -2.49. The Morgan fingerprint density at radius 1 is 0.860 bits per heavy atom. The zero-order valence-electron chi connectivity index (χ0n) is 27.9. The lowest BCUT2D eigenvalue weighted by molar-refractivity contribution is -0.385. The number of halogens is 5. The quantitative estimate of drug-likeness (QED) is 0.174. The van der Waals surface area contributed by atoms with Gasteiger partial charge < -0.3 is 9.64 Å². The van der Waals surface area contributed by atoms with E-state index >= 15 is 0 Å². The molecule has 2 aliphatic carbocycles. The molecule has 6 rings (SSSR count). The molecule has 0 unspecified atom stereocenters. The zero-order chi connectivity index (χ0) is 36.3. The van der Waals surface area contributed by atoms with Gasteiger partial charge in [0.15, 0.2) is 17.3 Å². The van der Waals surface area contributed by atoms with E-state index in [0.29, 0.717) is 63.9 Å². The van der Waals surface area contributed by atoms with Crippen LogP contribution >= 0.6 is 31.9 Å². The lowest BCUT2D eigenvalue weighted by atomic mass is 9.63. The van der Waals surface area contributed by atoms with Crippen LogP contribution in [0.3, 0.4) is 0 Å². The highest BCUT2D eigenvalue weighted by molar-refractivity contribution is 9.11. The summed E-state index contributed by atoms with van der Waals surface area (Å²) in [5, 5.41) is 11.8. The van der Waals surface area contributed by atoms with Crippen LogP contribution in [0.25, 0.3) is 0 Å². The first-order chi connectivity index (χ1) is 23.3. The summed E-state index contributed by atoms with van der Waals surface area (Å²) in [6.45, 7) is 8.93. The van der Waals surface area contributed by atoms with Crippen molar-refractivity contribution < 1.29 is 32.4 Å². The average molecular weight is 817 g/mol. The van der Waals surface area contributed by atoms with Crippen molar-refractivity contribution in [2.75, 3.05) is 6.54 Å². The van der Waals surface area contributed by atoms with Crippen LogP contribution in [-0.2, 0) is 22.2 Å². The molecule has 0 spiro atoms.